The van der Waals surface area contributed by atoms with E-state index in [0.29, 0.717) is 25.9 Å². The molecule has 0 aromatic carbocycles. The summed E-state index contributed by atoms with van der Waals surface area (Å²) in [5.41, 5.74) is 0. The second-order valence-electron chi connectivity index (χ2n) is 22.1. The molecule has 3 N–H and O–H groups in total. The lowest BCUT2D eigenvalue weighted by molar-refractivity contribution is -0.143. The maximum atomic E-state index is 12.5. The highest BCUT2D eigenvalue weighted by Gasteiger charge is 2.20. The molecule has 0 rings (SSSR count). The lowest BCUT2D eigenvalue weighted by Gasteiger charge is -2.22. The average Bonchev–Trinajstić information content (AvgIpc) is 3.37. The van der Waals surface area contributed by atoms with E-state index in [1.54, 1.807) is 0 Å². The van der Waals surface area contributed by atoms with Gasteiger partial charge in [0.25, 0.3) is 0 Å². The number of rotatable bonds is 60. The molecule has 0 aliphatic carbocycles. The van der Waals surface area contributed by atoms with Gasteiger partial charge in [-0.2, -0.15) is 0 Å². The summed E-state index contributed by atoms with van der Waals surface area (Å²) in [5, 5.41) is 23.4. The van der Waals surface area contributed by atoms with Gasteiger partial charge in [-0.15, -0.1) is 0 Å². The number of hydrogen-bond acceptors (Lipinski definition) is 5. The standard InChI is InChI=1S/C65H125NO5/c1-3-5-7-9-11-13-15-17-18-19-20-22-25-28-31-34-37-41-45-49-53-57-63(68)62(61-67)66-64(69)58-54-50-46-42-38-35-32-29-26-23-21-24-27-30-33-36-40-44-48-52-56-60-71-65(70)59-55-51-47-43-39-16-14-12-10-8-6-4-2/h36,40,48,52,62-63,67-68H,3-35,37-39,41-47,49-51,53-61H2,1-2H3,(H,66,69)/b40-36-,52-48-. The summed E-state index contributed by atoms with van der Waals surface area (Å²) in [5.74, 6) is -0.0699. The Morgan fingerprint density at radius 2 is 0.704 bits per heavy atom. The van der Waals surface area contributed by atoms with E-state index in [9.17, 15) is 19.8 Å². The predicted molar refractivity (Wildman–Crippen MR) is 310 cm³/mol. The molecule has 0 aromatic rings. The Hall–Kier alpha value is -1.66. The predicted octanol–water partition coefficient (Wildman–Crippen LogP) is 20.2. The summed E-state index contributed by atoms with van der Waals surface area (Å²) in [7, 11) is 0. The Bertz CT molecular complexity index is 1110. The molecule has 0 aliphatic heterocycles. The van der Waals surface area contributed by atoms with Gasteiger partial charge in [-0.3, -0.25) is 9.59 Å². The summed E-state index contributed by atoms with van der Waals surface area (Å²) in [6.45, 7) is 4.87. The number of amides is 1. The molecule has 0 heterocycles. The van der Waals surface area contributed by atoms with E-state index in [1.807, 2.05) is 0 Å². The van der Waals surface area contributed by atoms with E-state index < -0.39 is 12.1 Å². The highest BCUT2D eigenvalue weighted by atomic mass is 16.5. The van der Waals surface area contributed by atoms with Crippen LogP contribution in [0.3, 0.4) is 0 Å². The molecule has 0 aliphatic rings. The summed E-state index contributed by atoms with van der Waals surface area (Å²) < 4.78 is 5.41. The normalized spacial score (nSPS) is 12.7. The van der Waals surface area contributed by atoms with Crippen molar-refractivity contribution in [1.82, 2.24) is 5.32 Å². The zero-order chi connectivity index (χ0) is 51.4. The van der Waals surface area contributed by atoms with Crippen molar-refractivity contribution in [2.75, 3.05) is 13.2 Å². The third-order valence-electron chi connectivity index (χ3n) is 15.0. The third-order valence-corrected chi connectivity index (χ3v) is 15.0. The minimum atomic E-state index is -0.668. The maximum absolute atomic E-state index is 12.5. The van der Waals surface area contributed by atoms with Crippen LogP contribution >= 0.6 is 0 Å². The largest absolute Gasteiger partial charge is 0.465 e. The van der Waals surface area contributed by atoms with Crippen LogP contribution in [0.25, 0.3) is 0 Å². The van der Waals surface area contributed by atoms with Gasteiger partial charge in [0.15, 0.2) is 0 Å². The highest BCUT2D eigenvalue weighted by Crippen LogP contribution is 2.18. The summed E-state index contributed by atoms with van der Waals surface area (Å²) in [6.07, 6.45) is 74.9. The molecule has 0 fully saturated rings. The molecule has 2 atom stereocenters. The van der Waals surface area contributed by atoms with Gasteiger partial charge in [0.2, 0.25) is 5.91 Å². The van der Waals surface area contributed by atoms with Gasteiger partial charge in [-0.05, 0) is 44.9 Å². The zero-order valence-corrected chi connectivity index (χ0v) is 48.0. The molecule has 71 heavy (non-hydrogen) atoms. The number of esters is 1. The van der Waals surface area contributed by atoms with Gasteiger partial charge in [-0.25, -0.2) is 0 Å². The Kier molecular flexibility index (Phi) is 59.5. The second-order valence-corrected chi connectivity index (χ2v) is 22.1. The van der Waals surface area contributed by atoms with Crippen molar-refractivity contribution in [3.8, 4) is 0 Å². The second kappa shape index (κ2) is 60.9. The molecular weight excluding hydrogens is 875 g/mol. The molecule has 1 amide bonds. The molecule has 0 bridgehead atoms. The number of aliphatic hydroxyl groups excluding tert-OH is 2. The van der Waals surface area contributed by atoms with Crippen LogP contribution in [0.15, 0.2) is 24.3 Å². The first-order valence-electron chi connectivity index (χ1n) is 32.1. The number of ether oxygens (including phenoxy) is 1. The minimum absolute atomic E-state index is 0.0338. The number of carbonyl (C=O) groups excluding carboxylic acids is 2. The zero-order valence-electron chi connectivity index (χ0n) is 48.0. The van der Waals surface area contributed by atoms with Crippen molar-refractivity contribution in [3.05, 3.63) is 24.3 Å². The topological polar surface area (TPSA) is 95.9 Å². The van der Waals surface area contributed by atoms with Gasteiger partial charge >= 0.3 is 5.97 Å². The van der Waals surface area contributed by atoms with Crippen molar-refractivity contribution >= 4 is 11.9 Å². The molecule has 0 aromatic heterocycles. The lowest BCUT2D eigenvalue weighted by Crippen LogP contribution is -2.45. The van der Waals surface area contributed by atoms with Crippen LogP contribution in [0.1, 0.15) is 354 Å². The molecule has 0 saturated carbocycles. The van der Waals surface area contributed by atoms with Crippen LogP contribution in [0.4, 0.5) is 0 Å². The monoisotopic (exact) mass is 1000 g/mol. The van der Waals surface area contributed by atoms with E-state index in [0.717, 1.165) is 51.4 Å². The molecule has 6 heteroatoms. The van der Waals surface area contributed by atoms with Crippen molar-refractivity contribution < 1.29 is 24.5 Å². The lowest BCUT2D eigenvalue weighted by atomic mass is 10.0. The van der Waals surface area contributed by atoms with Crippen LogP contribution in [0.2, 0.25) is 0 Å². The fourth-order valence-electron chi connectivity index (χ4n) is 10.1. The van der Waals surface area contributed by atoms with Gasteiger partial charge in [-0.1, -0.05) is 321 Å². The Morgan fingerprint density at radius 1 is 0.394 bits per heavy atom. The number of carbonyl (C=O) groups is 2. The van der Waals surface area contributed by atoms with E-state index in [2.05, 4.69) is 43.5 Å². The number of allylic oxidation sites excluding steroid dienone is 3. The van der Waals surface area contributed by atoms with Crippen molar-refractivity contribution in [1.29, 1.82) is 0 Å². The SMILES string of the molecule is CCCCCCCCCCCCCCCCCCCCCCCC(O)C(CO)NC(=O)CCCCCCCCCCCCCCCC/C=C\C/C=C\CCOC(=O)CCCCCCCCCCCCCC. The van der Waals surface area contributed by atoms with Crippen LogP contribution < -0.4 is 5.32 Å². The smallest absolute Gasteiger partial charge is 0.305 e. The maximum Gasteiger partial charge on any atom is 0.305 e. The molecule has 420 valence electrons. The van der Waals surface area contributed by atoms with Crippen molar-refractivity contribution in [3.63, 3.8) is 0 Å². The van der Waals surface area contributed by atoms with Gasteiger partial charge in [0, 0.05) is 12.8 Å². The van der Waals surface area contributed by atoms with E-state index in [4.69, 9.17) is 4.74 Å². The summed E-state index contributed by atoms with van der Waals surface area (Å²) >= 11 is 0. The van der Waals surface area contributed by atoms with Crippen LogP contribution in [-0.4, -0.2) is 47.4 Å². The third kappa shape index (κ3) is 57.5. The first-order chi connectivity index (χ1) is 35.0. The summed E-state index contributed by atoms with van der Waals surface area (Å²) in [4.78, 5) is 24.5. The quantitative estimate of drug-likeness (QED) is 0.0320. The number of hydrogen-bond donors (Lipinski definition) is 3. The first kappa shape index (κ1) is 69.3. The molecule has 6 nitrogen and oxygen atoms in total. The molecular formula is C65H125NO5. The fraction of sp³-hybridized carbons (Fsp3) is 0.908. The average molecular weight is 1000 g/mol. The Morgan fingerprint density at radius 3 is 1.07 bits per heavy atom. The molecule has 0 spiro atoms. The highest BCUT2D eigenvalue weighted by molar-refractivity contribution is 5.76. The van der Waals surface area contributed by atoms with Gasteiger partial charge in [0.05, 0.1) is 25.4 Å². The van der Waals surface area contributed by atoms with E-state index >= 15 is 0 Å². The van der Waals surface area contributed by atoms with E-state index in [-0.39, 0.29) is 18.5 Å². The van der Waals surface area contributed by atoms with Gasteiger partial charge < -0.3 is 20.3 Å². The minimum Gasteiger partial charge on any atom is -0.465 e. The number of unbranched alkanes of at least 4 members (excludes halogenated alkanes) is 45. The Labute approximate surface area is 443 Å². The Balaban J connectivity index is 3.45. The fourth-order valence-corrected chi connectivity index (χ4v) is 10.1. The molecule has 0 saturated heterocycles. The molecule has 2 unspecified atom stereocenters. The first-order valence-corrected chi connectivity index (χ1v) is 32.1. The molecule has 0 radical (unpaired) electrons. The van der Waals surface area contributed by atoms with Crippen LogP contribution in [-0.2, 0) is 14.3 Å². The number of aliphatic hydroxyl groups is 2. The van der Waals surface area contributed by atoms with Crippen molar-refractivity contribution in [2.24, 2.45) is 0 Å². The van der Waals surface area contributed by atoms with Crippen LogP contribution in [0.5, 0.6) is 0 Å². The number of nitrogens with one attached hydrogen (secondary N) is 1. The summed E-state index contributed by atoms with van der Waals surface area (Å²) in [6, 6.07) is -0.546. The van der Waals surface area contributed by atoms with Gasteiger partial charge in [0.1, 0.15) is 0 Å². The van der Waals surface area contributed by atoms with E-state index in [1.165, 1.54) is 270 Å². The van der Waals surface area contributed by atoms with Crippen molar-refractivity contribution in [2.45, 2.75) is 366 Å². The van der Waals surface area contributed by atoms with Crippen LogP contribution in [0, 0.1) is 0 Å².